The molecule has 1 heterocycles. The van der Waals surface area contributed by atoms with Gasteiger partial charge < -0.3 is 5.32 Å². The number of piperidine rings is 1. The standard InChI is InChI=1S/C7H10ClNO/c8-6-4-1-2-5(6)7(10)9-3-4/h4-6H,1-3H2,(H,9,10)/t4-,5-,6-/m0/s1. The third-order valence-electron chi connectivity index (χ3n) is 2.56. The predicted molar refractivity (Wildman–Crippen MR) is 38.9 cm³/mol. The van der Waals surface area contributed by atoms with Crippen LogP contribution >= 0.6 is 11.6 Å². The molecule has 56 valence electrons. The Hall–Kier alpha value is -0.240. The highest BCUT2D eigenvalue weighted by Crippen LogP contribution is 2.37. The summed E-state index contributed by atoms with van der Waals surface area (Å²) in [5.74, 6) is 0.818. The number of rotatable bonds is 0. The van der Waals surface area contributed by atoms with Gasteiger partial charge in [-0.25, -0.2) is 0 Å². The van der Waals surface area contributed by atoms with Gasteiger partial charge in [-0.2, -0.15) is 0 Å². The molecule has 0 unspecified atom stereocenters. The quantitative estimate of drug-likeness (QED) is 0.520. The van der Waals surface area contributed by atoms with Crippen LogP contribution in [0.5, 0.6) is 0 Å². The normalized spacial score (nSPS) is 45.3. The average molecular weight is 160 g/mol. The van der Waals surface area contributed by atoms with Crippen LogP contribution in [0.3, 0.4) is 0 Å². The first-order valence-corrected chi connectivity index (χ1v) is 4.14. The minimum Gasteiger partial charge on any atom is -0.355 e. The van der Waals surface area contributed by atoms with Crippen molar-refractivity contribution >= 4 is 17.5 Å². The monoisotopic (exact) mass is 159 g/mol. The van der Waals surface area contributed by atoms with Crippen molar-refractivity contribution in [1.82, 2.24) is 5.32 Å². The zero-order valence-electron chi connectivity index (χ0n) is 5.64. The summed E-state index contributed by atoms with van der Waals surface area (Å²) < 4.78 is 0. The zero-order chi connectivity index (χ0) is 7.14. The van der Waals surface area contributed by atoms with Crippen molar-refractivity contribution in [3.05, 3.63) is 0 Å². The molecule has 0 radical (unpaired) electrons. The minimum absolute atomic E-state index is 0.111. The molecule has 3 heteroatoms. The molecular formula is C7H10ClNO. The number of carbonyl (C=O) groups is 1. The molecule has 1 amide bonds. The Labute approximate surface area is 64.9 Å². The second kappa shape index (κ2) is 2.12. The van der Waals surface area contributed by atoms with E-state index in [0.717, 1.165) is 19.4 Å². The molecule has 1 saturated carbocycles. The van der Waals surface area contributed by atoms with E-state index in [9.17, 15) is 4.79 Å². The number of nitrogens with one attached hydrogen (secondary N) is 1. The topological polar surface area (TPSA) is 29.1 Å². The van der Waals surface area contributed by atoms with Gasteiger partial charge in [0, 0.05) is 11.9 Å². The smallest absolute Gasteiger partial charge is 0.224 e. The summed E-state index contributed by atoms with van der Waals surface area (Å²) >= 11 is 6.01. The number of fused-ring (bicyclic) bond motifs is 2. The number of alkyl halides is 1. The van der Waals surface area contributed by atoms with E-state index in [1.807, 2.05) is 0 Å². The minimum atomic E-state index is 0.111. The van der Waals surface area contributed by atoms with Gasteiger partial charge in [0.05, 0.1) is 5.92 Å². The molecule has 3 atom stereocenters. The van der Waals surface area contributed by atoms with Crippen molar-refractivity contribution in [1.29, 1.82) is 0 Å². The van der Waals surface area contributed by atoms with Crippen LogP contribution in [0.1, 0.15) is 12.8 Å². The predicted octanol–water partition coefficient (Wildman–Crippen LogP) is 0.750. The fourth-order valence-corrected chi connectivity index (χ4v) is 2.35. The van der Waals surface area contributed by atoms with E-state index in [-0.39, 0.29) is 17.2 Å². The molecule has 1 aliphatic carbocycles. The molecule has 2 bridgehead atoms. The highest BCUT2D eigenvalue weighted by atomic mass is 35.5. The molecule has 0 aromatic carbocycles. The summed E-state index contributed by atoms with van der Waals surface area (Å²) in [5.41, 5.74) is 0. The Morgan fingerprint density at radius 2 is 2.30 bits per heavy atom. The van der Waals surface area contributed by atoms with Crippen molar-refractivity contribution in [2.75, 3.05) is 6.54 Å². The van der Waals surface area contributed by atoms with Gasteiger partial charge >= 0.3 is 0 Å². The first-order valence-electron chi connectivity index (χ1n) is 3.71. The molecule has 2 aliphatic rings. The highest BCUT2D eigenvalue weighted by Gasteiger charge is 2.42. The van der Waals surface area contributed by atoms with Crippen LogP contribution in [0.4, 0.5) is 0 Å². The van der Waals surface area contributed by atoms with E-state index in [2.05, 4.69) is 5.32 Å². The van der Waals surface area contributed by atoms with Crippen molar-refractivity contribution in [3.8, 4) is 0 Å². The lowest BCUT2D eigenvalue weighted by Crippen LogP contribution is -2.43. The zero-order valence-corrected chi connectivity index (χ0v) is 6.40. The first kappa shape index (κ1) is 6.47. The van der Waals surface area contributed by atoms with Crippen molar-refractivity contribution in [3.63, 3.8) is 0 Å². The number of halogens is 1. The maximum Gasteiger partial charge on any atom is 0.224 e. The lowest BCUT2D eigenvalue weighted by molar-refractivity contribution is -0.125. The molecular weight excluding hydrogens is 150 g/mol. The Morgan fingerprint density at radius 1 is 1.50 bits per heavy atom. The molecule has 2 rings (SSSR count). The molecule has 0 aromatic rings. The fourth-order valence-electron chi connectivity index (χ4n) is 1.89. The van der Waals surface area contributed by atoms with E-state index in [1.165, 1.54) is 0 Å². The third-order valence-corrected chi connectivity index (χ3v) is 3.22. The van der Waals surface area contributed by atoms with E-state index >= 15 is 0 Å². The number of hydrogen-bond acceptors (Lipinski definition) is 1. The van der Waals surface area contributed by atoms with E-state index in [0.29, 0.717) is 5.92 Å². The number of hydrogen-bond donors (Lipinski definition) is 1. The molecule has 0 spiro atoms. The molecule has 2 nitrogen and oxygen atoms in total. The molecule has 2 fully saturated rings. The summed E-state index contributed by atoms with van der Waals surface area (Å²) in [6.45, 7) is 0.795. The van der Waals surface area contributed by atoms with Gasteiger partial charge in [-0.3, -0.25) is 4.79 Å². The van der Waals surface area contributed by atoms with E-state index < -0.39 is 0 Å². The van der Waals surface area contributed by atoms with Crippen molar-refractivity contribution < 1.29 is 4.79 Å². The van der Waals surface area contributed by atoms with Crippen LogP contribution in [0.15, 0.2) is 0 Å². The first-order chi connectivity index (χ1) is 4.79. The molecule has 0 aromatic heterocycles. The van der Waals surface area contributed by atoms with Crippen LogP contribution in [0.25, 0.3) is 0 Å². The van der Waals surface area contributed by atoms with Crippen LogP contribution in [-0.2, 0) is 4.79 Å². The lowest BCUT2D eigenvalue weighted by atomic mass is 9.99. The maximum atomic E-state index is 11.1. The van der Waals surface area contributed by atoms with E-state index in [4.69, 9.17) is 11.6 Å². The maximum absolute atomic E-state index is 11.1. The Kier molecular flexibility index (Phi) is 1.37. The third kappa shape index (κ3) is 0.749. The number of carbonyl (C=O) groups excluding carboxylic acids is 1. The van der Waals surface area contributed by atoms with Gasteiger partial charge in [0.25, 0.3) is 0 Å². The Morgan fingerprint density at radius 3 is 3.00 bits per heavy atom. The Balaban J connectivity index is 2.20. The van der Waals surface area contributed by atoms with E-state index in [1.54, 1.807) is 0 Å². The molecule has 1 saturated heterocycles. The molecule has 10 heavy (non-hydrogen) atoms. The van der Waals surface area contributed by atoms with Gasteiger partial charge in [-0.05, 0) is 18.8 Å². The number of amides is 1. The van der Waals surface area contributed by atoms with Crippen LogP contribution in [0, 0.1) is 11.8 Å². The second-order valence-corrected chi connectivity index (χ2v) is 3.64. The van der Waals surface area contributed by atoms with Crippen LogP contribution < -0.4 is 5.32 Å². The van der Waals surface area contributed by atoms with Gasteiger partial charge in [-0.15, -0.1) is 11.6 Å². The average Bonchev–Trinajstić information content (AvgIpc) is 2.13. The molecule has 1 aliphatic heterocycles. The van der Waals surface area contributed by atoms with Gasteiger partial charge in [0.1, 0.15) is 0 Å². The Bertz CT molecular complexity index is 171. The lowest BCUT2D eigenvalue weighted by Gasteiger charge is -2.24. The molecule has 1 N–H and O–H groups in total. The largest absolute Gasteiger partial charge is 0.355 e. The summed E-state index contributed by atoms with van der Waals surface area (Å²) in [5, 5.41) is 2.97. The van der Waals surface area contributed by atoms with Crippen molar-refractivity contribution in [2.45, 2.75) is 18.2 Å². The highest BCUT2D eigenvalue weighted by molar-refractivity contribution is 6.22. The van der Waals surface area contributed by atoms with Crippen molar-refractivity contribution in [2.24, 2.45) is 11.8 Å². The van der Waals surface area contributed by atoms with Gasteiger partial charge in [-0.1, -0.05) is 0 Å². The summed E-state index contributed by atoms with van der Waals surface area (Å²) in [4.78, 5) is 11.1. The summed E-state index contributed by atoms with van der Waals surface area (Å²) in [6, 6.07) is 0. The fraction of sp³-hybridized carbons (Fsp3) is 0.857. The summed E-state index contributed by atoms with van der Waals surface area (Å²) in [7, 11) is 0. The SMILES string of the molecule is O=C1NC[C@@H]2CC[C@H]1[C@H]2Cl. The van der Waals surface area contributed by atoms with Crippen LogP contribution in [0.2, 0.25) is 0 Å². The second-order valence-electron chi connectivity index (χ2n) is 3.13. The van der Waals surface area contributed by atoms with Gasteiger partial charge in [0.15, 0.2) is 0 Å². The van der Waals surface area contributed by atoms with Crippen LogP contribution in [-0.4, -0.2) is 17.8 Å². The summed E-state index contributed by atoms with van der Waals surface area (Å²) in [6.07, 6.45) is 2.11. The van der Waals surface area contributed by atoms with Gasteiger partial charge in [0.2, 0.25) is 5.91 Å².